The number of hydrogen-bond donors (Lipinski definition) is 1. The molecule has 0 saturated heterocycles. The molecule has 1 atom stereocenters. The van der Waals surface area contributed by atoms with Crippen LogP contribution in [0, 0.1) is 0 Å². The van der Waals surface area contributed by atoms with Crippen LogP contribution in [0.2, 0.25) is 0 Å². The Kier molecular flexibility index (Phi) is 7.71. The SMILES string of the molecule is CCCC[C@H](NC(=O)C=[N+]=[N-])C(=O)OCC. The summed E-state index contributed by atoms with van der Waals surface area (Å²) in [6.07, 6.45) is 2.94. The van der Waals surface area contributed by atoms with Crippen molar-refractivity contribution < 1.29 is 19.1 Å². The van der Waals surface area contributed by atoms with E-state index >= 15 is 0 Å². The second-order valence-electron chi connectivity index (χ2n) is 3.20. The van der Waals surface area contributed by atoms with Gasteiger partial charge in [0.05, 0.1) is 6.61 Å². The first kappa shape index (κ1) is 14.3. The van der Waals surface area contributed by atoms with Crippen molar-refractivity contribution in [2.24, 2.45) is 0 Å². The van der Waals surface area contributed by atoms with Crippen molar-refractivity contribution in [2.45, 2.75) is 39.2 Å². The number of nitrogens with one attached hydrogen (secondary N) is 1. The van der Waals surface area contributed by atoms with Gasteiger partial charge in [-0.15, -0.1) is 0 Å². The third-order valence-corrected chi connectivity index (χ3v) is 1.91. The van der Waals surface area contributed by atoms with Crippen LogP contribution in [0.4, 0.5) is 0 Å². The summed E-state index contributed by atoms with van der Waals surface area (Å²) in [6, 6.07) is -0.676. The Bertz CT molecular complexity index is 285. The Balaban J connectivity index is 4.34. The minimum absolute atomic E-state index is 0.269. The van der Waals surface area contributed by atoms with Crippen LogP contribution in [-0.2, 0) is 14.3 Å². The fraction of sp³-hybridized carbons (Fsp3) is 0.700. The van der Waals surface area contributed by atoms with Gasteiger partial charge in [-0.1, -0.05) is 19.8 Å². The molecule has 1 amide bonds. The number of ether oxygens (including phenoxy) is 1. The molecule has 0 aromatic rings. The van der Waals surface area contributed by atoms with Crippen molar-refractivity contribution in [2.75, 3.05) is 6.61 Å². The van der Waals surface area contributed by atoms with Gasteiger partial charge in [-0.3, -0.25) is 4.79 Å². The average molecular weight is 227 g/mol. The molecule has 1 N–H and O–H groups in total. The summed E-state index contributed by atoms with van der Waals surface area (Å²) < 4.78 is 4.82. The van der Waals surface area contributed by atoms with Gasteiger partial charge < -0.3 is 15.6 Å². The molecule has 0 unspecified atom stereocenters. The Hall–Kier alpha value is -1.68. The Morgan fingerprint density at radius 2 is 2.19 bits per heavy atom. The lowest BCUT2D eigenvalue weighted by molar-refractivity contribution is -0.147. The molecule has 16 heavy (non-hydrogen) atoms. The van der Waals surface area contributed by atoms with E-state index in [-0.39, 0.29) is 6.61 Å². The Morgan fingerprint density at radius 3 is 2.69 bits per heavy atom. The minimum Gasteiger partial charge on any atom is -0.464 e. The highest BCUT2D eigenvalue weighted by Crippen LogP contribution is 2.02. The zero-order chi connectivity index (χ0) is 12.4. The van der Waals surface area contributed by atoms with Gasteiger partial charge in [0.25, 0.3) is 0 Å². The first-order chi connectivity index (χ1) is 7.65. The first-order valence-electron chi connectivity index (χ1n) is 5.30. The molecule has 0 aromatic carbocycles. The maximum absolute atomic E-state index is 11.4. The molecule has 0 aliphatic heterocycles. The number of rotatable bonds is 7. The molecule has 6 nitrogen and oxygen atoms in total. The maximum atomic E-state index is 11.4. The molecule has 0 rings (SSSR count). The molecule has 0 aliphatic carbocycles. The monoisotopic (exact) mass is 227 g/mol. The van der Waals surface area contributed by atoms with Crippen LogP contribution >= 0.6 is 0 Å². The second kappa shape index (κ2) is 8.61. The normalized spacial score (nSPS) is 11.1. The van der Waals surface area contributed by atoms with Gasteiger partial charge in [0, 0.05) is 0 Å². The van der Waals surface area contributed by atoms with Crippen molar-refractivity contribution in [3.63, 3.8) is 0 Å². The summed E-state index contributed by atoms with van der Waals surface area (Å²) in [5.74, 6) is -1.08. The van der Waals surface area contributed by atoms with Gasteiger partial charge >= 0.3 is 18.1 Å². The van der Waals surface area contributed by atoms with Crippen molar-refractivity contribution in [3.8, 4) is 0 Å². The van der Waals surface area contributed by atoms with Gasteiger partial charge in [0.15, 0.2) is 0 Å². The van der Waals surface area contributed by atoms with Crippen molar-refractivity contribution in [1.82, 2.24) is 5.32 Å². The molecular formula is C10H17N3O3. The number of hydrogen-bond acceptors (Lipinski definition) is 3. The largest absolute Gasteiger partial charge is 0.464 e. The third kappa shape index (κ3) is 5.93. The van der Waals surface area contributed by atoms with Crippen molar-refractivity contribution in [1.29, 1.82) is 0 Å². The first-order valence-corrected chi connectivity index (χ1v) is 5.30. The van der Waals surface area contributed by atoms with E-state index in [4.69, 9.17) is 10.3 Å². The minimum atomic E-state index is -0.676. The van der Waals surface area contributed by atoms with Crippen LogP contribution in [0.5, 0.6) is 0 Å². The molecule has 0 fully saturated rings. The summed E-state index contributed by atoms with van der Waals surface area (Å²) in [4.78, 5) is 25.1. The van der Waals surface area contributed by atoms with Crippen molar-refractivity contribution in [3.05, 3.63) is 5.53 Å². The van der Waals surface area contributed by atoms with E-state index < -0.39 is 17.9 Å². The van der Waals surface area contributed by atoms with Crippen LogP contribution in [0.1, 0.15) is 33.1 Å². The molecule has 0 bridgehead atoms. The predicted molar refractivity (Wildman–Crippen MR) is 57.8 cm³/mol. The van der Waals surface area contributed by atoms with Gasteiger partial charge in [-0.25, -0.2) is 4.79 Å². The highest BCUT2D eigenvalue weighted by Gasteiger charge is 2.21. The van der Waals surface area contributed by atoms with Gasteiger partial charge in [0.2, 0.25) is 0 Å². The van der Waals surface area contributed by atoms with E-state index in [0.717, 1.165) is 12.8 Å². The van der Waals surface area contributed by atoms with E-state index in [1.54, 1.807) is 6.92 Å². The lowest BCUT2D eigenvalue weighted by Crippen LogP contribution is -2.42. The third-order valence-electron chi connectivity index (χ3n) is 1.91. The fourth-order valence-electron chi connectivity index (χ4n) is 1.16. The Labute approximate surface area is 94.6 Å². The summed E-state index contributed by atoms with van der Waals surface area (Å²) in [6.45, 7) is 3.95. The number of carbonyl (C=O) groups is 2. The number of nitrogens with zero attached hydrogens (tertiary/aromatic N) is 2. The molecular weight excluding hydrogens is 210 g/mol. The molecule has 0 spiro atoms. The van der Waals surface area contributed by atoms with Gasteiger partial charge in [-0.2, -0.15) is 4.79 Å². The Morgan fingerprint density at radius 1 is 1.50 bits per heavy atom. The van der Waals surface area contributed by atoms with Gasteiger partial charge in [0.1, 0.15) is 6.04 Å². The molecule has 0 aromatic heterocycles. The van der Waals surface area contributed by atoms with Crippen LogP contribution < -0.4 is 5.32 Å². The lowest BCUT2D eigenvalue weighted by atomic mass is 10.1. The van der Waals surface area contributed by atoms with Crippen LogP contribution in [0.15, 0.2) is 0 Å². The smallest absolute Gasteiger partial charge is 0.344 e. The molecule has 90 valence electrons. The highest BCUT2D eigenvalue weighted by atomic mass is 16.5. The highest BCUT2D eigenvalue weighted by molar-refractivity contribution is 6.24. The molecule has 0 heterocycles. The molecule has 0 aliphatic rings. The van der Waals surface area contributed by atoms with Crippen LogP contribution in [-0.4, -0.2) is 35.5 Å². The predicted octanol–water partition coefficient (Wildman–Crippen LogP) is 0.525. The zero-order valence-electron chi connectivity index (χ0n) is 9.60. The molecule has 0 radical (unpaired) electrons. The van der Waals surface area contributed by atoms with E-state index in [0.29, 0.717) is 12.6 Å². The summed E-state index contributed by atoms with van der Waals surface area (Å²) in [7, 11) is 0. The van der Waals surface area contributed by atoms with Crippen molar-refractivity contribution >= 4 is 18.1 Å². The second-order valence-corrected chi connectivity index (χ2v) is 3.20. The topological polar surface area (TPSA) is 91.8 Å². The standard InChI is InChI=1S/C10H17N3O3/c1-3-5-6-8(10(15)16-4-2)13-9(14)7-12-11/h7-8H,3-6H2,1-2H3,(H,13,14)/t8-/m0/s1. The van der Waals surface area contributed by atoms with E-state index in [9.17, 15) is 9.59 Å². The fourth-order valence-corrected chi connectivity index (χ4v) is 1.16. The quantitative estimate of drug-likeness (QED) is 0.297. The van der Waals surface area contributed by atoms with E-state index in [1.165, 1.54) is 0 Å². The maximum Gasteiger partial charge on any atom is 0.344 e. The summed E-state index contributed by atoms with van der Waals surface area (Å²) in [5.41, 5.74) is 8.16. The lowest BCUT2D eigenvalue weighted by Gasteiger charge is -2.14. The average Bonchev–Trinajstić information content (AvgIpc) is 2.24. The number of carbonyl (C=O) groups excluding carboxylic acids is 2. The zero-order valence-corrected chi connectivity index (χ0v) is 9.60. The number of unbranched alkanes of at least 4 members (excludes halogenated alkanes) is 1. The van der Waals surface area contributed by atoms with Crippen LogP contribution in [0.25, 0.3) is 5.53 Å². The van der Waals surface area contributed by atoms with E-state index in [2.05, 4.69) is 10.1 Å². The van der Waals surface area contributed by atoms with Crippen LogP contribution in [0.3, 0.4) is 0 Å². The van der Waals surface area contributed by atoms with E-state index in [1.807, 2.05) is 6.92 Å². The molecule has 6 heteroatoms. The summed E-state index contributed by atoms with van der Waals surface area (Å²) >= 11 is 0. The number of amides is 1. The van der Waals surface area contributed by atoms with Gasteiger partial charge in [-0.05, 0) is 13.3 Å². The molecule has 0 saturated carbocycles. The summed E-state index contributed by atoms with van der Waals surface area (Å²) in [5, 5.41) is 2.41. The number of esters is 1.